The molecule has 1 heterocycles. The molecule has 1 unspecified atom stereocenters. The number of ether oxygens (including phenoxy) is 2. The number of rotatable bonds is 7. The van der Waals surface area contributed by atoms with Gasteiger partial charge in [0, 0.05) is 20.8 Å². The number of methoxy groups -OCH3 is 2. The Balaban J connectivity index is 2.68. The second-order valence-corrected chi connectivity index (χ2v) is 3.60. The van der Waals surface area contributed by atoms with Crippen LogP contribution in [0.3, 0.4) is 0 Å². The molecule has 1 aromatic heterocycles. The Hall–Kier alpha value is -1.24. The lowest BCUT2D eigenvalue weighted by atomic mass is 10.3. The Labute approximate surface area is 104 Å². The van der Waals surface area contributed by atoms with Gasteiger partial charge in [-0.3, -0.25) is 4.79 Å². The van der Waals surface area contributed by atoms with Crippen molar-refractivity contribution < 1.29 is 14.3 Å². The molecule has 94 valence electrons. The summed E-state index contributed by atoms with van der Waals surface area (Å²) < 4.78 is 10.1. The van der Waals surface area contributed by atoms with Gasteiger partial charge in [-0.15, -0.1) is 0 Å². The van der Waals surface area contributed by atoms with E-state index in [-0.39, 0.29) is 16.8 Å². The number of aldehydes is 1. The molecule has 0 aliphatic carbocycles. The van der Waals surface area contributed by atoms with E-state index in [9.17, 15) is 4.79 Å². The van der Waals surface area contributed by atoms with Gasteiger partial charge in [0.1, 0.15) is 17.3 Å². The van der Waals surface area contributed by atoms with Crippen LogP contribution in [0.25, 0.3) is 0 Å². The van der Waals surface area contributed by atoms with Gasteiger partial charge in [0.15, 0.2) is 6.29 Å². The molecule has 0 aromatic carbocycles. The largest absolute Gasteiger partial charge is 0.382 e. The molecule has 0 fully saturated rings. The standard InChI is InChI=1S/C10H14ClN3O3/c1-16-5-7(17-2)3-12-10-8(4-15)9(11)13-6-14-10/h4,6-7H,3,5H2,1-2H3,(H,12,13,14). The Morgan fingerprint density at radius 3 is 2.88 bits per heavy atom. The summed E-state index contributed by atoms with van der Waals surface area (Å²) in [6.45, 7) is 0.900. The molecule has 0 saturated heterocycles. The molecule has 1 N–H and O–H groups in total. The molecule has 0 bridgehead atoms. The zero-order valence-electron chi connectivity index (χ0n) is 9.64. The van der Waals surface area contributed by atoms with Crippen molar-refractivity contribution >= 4 is 23.7 Å². The van der Waals surface area contributed by atoms with E-state index >= 15 is 0 Å². The summed E-state index contributed by atoms with van der Waals surface area (Å²) in [6, 6.07) is 0. The highest BCUT2D eigenvalue weighted by molar-refractivity contribution is 6.32. The van der Waals surface area contributed by atoms with Crippen molar-refractivity contribution in [3.63, 3.8) is 0 Å². The number of anilines is 1. The first kappa shape index (κ1) is 13.8. The maximum atomic E-state index is 10.8. The van der Waals surface area contributed by atoms with Crippen LogP contribution in [0, 0.1) is 0 Å². The lowest BCUT2D eigenvalue weighted by molar-refractivity contribution is 0.0365. The molecular formula is C10H14ClN3O3. The number of hydrogen-bond acceptors (Lipinski definition) is 6. The van der Waals surface area contributed by atoms with Crippen LogP contribution in [0.15, 0.2) is 6.33 Å². The third-order valence-electron chi connectivity index (χ3n) is 2.14. The fraction of sp³-hybridized carbons (Fsp3) is 0.500. The summed E-state index contributed by atoms with van der Waals surface area (Å²) in [7, 11) is 3.17. The van der Waals surface area contributed by atoms with E-state index in [1.54, 1.807) is 14.2 Å². The molecule has 1 atom stereocenters. The van der Waals surface area contributed by atoms with E-state index in [1.165, 1.54) is 6.33 Å². The van der Waals surface area contributed by atoms with Gasteiger partial charge in [0.25, 0.3) is 0 Å². The van der Waals surface area contributed by atoms with E-state index in [0.717, 1.165) is 0 Å². The fourth-order valence-electron chi connectivity index (χ4n) is 1.23. The highest BCUT2D eigenvalue weighted by Crippen LogP contribution is 2.17. The first-order valence-corrected chi connectivity index (χ1v) is 5.32. The average Bonchev–Trinajstić information content (AvgIpc) is 2.34. The average molecular weight is 260 g/mol. The van der Waals surface area contributed by atoms with Gasteiger partial charge in [-0.25, -0.2) is 9.97 Å². The van der Waals surface area contributed by atoms with Crippen molar-refractivity contribution in [3.05, 3.63) is 17.0 Å². The Kier molecular flexibility index (Phi) is 5.82. The topological polar surface area (TPSA) is 73.3 Å². The van der Waals surface area contributed by atoms with Crippen molar-refractivity contribution in [1.29, 1.82) is 0 Å². The second-order valence-electron chi connectivity index (χ2n) is 3.24. The lowest BCUT2D eigenvalue weighted by Crippen LogP contribution is -2.27. The third-order valence-corrected chi connectivity index (χ3v) is 2.44. The molecule has 17 heavy (non-hydrogen) atoms. The predicted octanol–water partition coefficient (Wildman–Crippen LogP) is 1.02. The van der Waals surface area contributed by atoms with E-state index in [2.05, 4.69) is 15.3 Å². The van der Waals surface area contributed by atoms with Crippen LogP contribution < -0.4 is 5.32 Å². The fourth-order valence-corrected chi connectivity index (χ4v) is 1.40. The Morgan fingerprint density at radius 2 is 2.29 bits per heavy atom. The maximum absolute atomic E-state index is 10.8. The second kappa shape index (κ2) is 7.16. The van der Waals surface area contributed by atoms with E-state index in [1.807, 2.05) is 0 Å². The van der Waals surface area contributed by atoms with Crippen molar-refractivity contribution in [2.45, 2.75) is 6.10 Å². The van der Waals surface area contributed by atoms with E-state index in [4.69, 9.17) is 21.1 Å². The SMILES string of the molecule is COCC(CNc1ncnc(Cl)c1C=O)OC. The molecule has 0 saturated carbocycles. The summed E-state index contributed by atoms with van der Waals surface area (Å²) in [6.07, 6.45) is 1.77. The molecule has 0 aliphatic heterocycles. The van der Waals surface area contributed by atoms with Gasteiger partial charge >= 0.3 is 0 Å². The summed E-state index contributed by atoms with van der Waals surface area (Å²) in [4.78, 5) is 18.5. The minimum absolute atomic E-state index is 0.123. The molecule has 1 rings (SSSR count). The zero-order valence-corrected chi connectivity index (χ0v) is 10.4. The van der Waals surface area contributed by atoms with Gasteiger partial charge in [-0.2, -0.15) is 0 Å². The van der Waals surface area contributed by atoms with Crippen LogP contribution in [0.4, 0.5) is 5.82 Å². The number of nitrogens with one attached hydrogen (secondary N) is 1. The Bertz CT molecular complexity index is 376. The first-order chi connectivity index (χ1) is 8.22. The molecule has 0 spiro atoms. The van der Waals surface area contributed by atoms with Crippen molar-refractivity contribution in [3.8, 4) is 0 Å². The van der Waals surface area contributed by atoms with Gasteiger partial charge in [0.2, 0.25) is 0 Å². The molecule has 0 amide bonds. The number of halogens is 1. The van der Waals surface area contributed by atoms with Crippen LogP contribution in [0.2, 0.25) is 5.15 Å². The normalized spacial score (nSPS) is 12.2. The van der Waals surface area contributed by atoms with Gasteiger partial charge < -0.3 is 14.8 Å². The molecule has 1 aromatic rings. The molecule has 7 heteroatoms. The number of carbonyl (C=O) groups excluding carboxylic acids is 1. The lowest BCUT2D eigenvalue weighted by Gasteiger charge is -2.16. The number of hydrogen-bond donors (Lipinski definition) is 1. The van der Waals surface area contributed by atoms with Crippen LogP contribution in [0.1, 0.15) is 10.4 Å². The van der Waals surface area contributed by atoms with Crippen LogP contribution in [-0.2, 0) is 9.47 Å². The van der Waals surface area contributed by atoms with Crippen LogP contribution in [0.5, 0.6) is 0 Å². The van der Waals surface area contributed by atoms with Crippen molar-refractivity contribution in [2.24, 2.45) is 0 Å². The van der Waals surface area contributed by atoms with Gasteiger partial charge in [0.05, 0.1) is 18.3 Å². The minimum atomic E-state index is -0.131. The monoisotopic (exact) mass is 259 g/mol. The molecular weight excluding hydrogens is 246 g/mol. The summed E-state index contributed by atoms with van der Waals surface area (Å²) >= 11 is 5.76. The first-order valence-electron chi connectivity index (χ1n) is 4.94. The Morgan fingerprint density at radius 1 is 1.53 bits per heavy atom. The number of carbonyl (C=O) groups is 1. The van der Waals surface area contributed by atoms with E-state index < -0.39 is 0 Å². The van der Waals surface area contributed by atoms with Crippen molar-refractivity contribution in [2.75, 3.05) is 32.7 Å². The van der Waals surface area contributed by atoms with Crippen LogP contribution in [-0.4, -0.2) is 49.7 Å². The minimum Gasteiger partial charge on any atom is -0.382 e. The maximum Gasteiger partial charge on any atom is 0.156 e. The molecule has 0 radical (unpaired) electrons. The van der Waals surface area contributed by atoms with Gasteiger partial charge in [-0.05, 0) is 0 Å². The van der Waals surface area contributed by atoms with Crippen LogP contribution >= 0.6 is 11.6 Å². The smallest absolute Gasteiger partial charge is 0.156 e. The van der Waals surface area contributed by atoms with E-state index in [0.29, 0.717) is 25.3 Å². The molecule has 6 nitrogen and oxygen atoms in total. The number of nitrogens with zero attached hydrogens (tertiary/aromatic N) is 2. The highest BCUT2D eigenvalue weighted by Gasteiger charge is 2.11. The van der Waals surface area contributed by atoms with Crippen molar-refractivity contribution in [1.82, 2.24) is 9.97 Å². The van der Waals surface area contributed by atoms with Gasteiger partial charge in [-0.1, -0.05) is 11.6 Å². The third kappa shape index (κ3) is 3.92. The zero-order chi connectivity index (χ0) is 12.7. The summed E-state index contributed by atoms with van der Waals surface area (Å²) in [5.74, 6) is 0.387. The quantitative estimate of drug-likeness (QED) is 0.582. The molecule has 0 aliphatic rings. The highest BCUT2D eigenvalue weighted by atomic mass is 35.5. The summed E-state index contributed by atoms with van der Waals surface area (Å²) in [5.41, 5.74) is 0.237. The summed E-state index contributed by atoms with van der Waals surface area (Å²) in [5, 5.41) is 3.09. The predicted molar refractivity (Wildman–Crippen MR) is 63.6 cm³/mol. The number of aromatic nitrogens is 2.